The van der Waals surface area contributed by atoms with Crippen molar-refractivity contribution in [3.05, 3.63) is 11.8 Å². The van der Waals surface area contributed by atoms with Gasteiger partial charge in [-0.25, -0.2) is 0 Å². The Labute approximate surface area is 69.4 Å². The van der Waals surface area contributed by atoms with Gasteiger partial charge < -0.3 is 4.74 Å². The lowest BCUT2D eigenvalue weighted by molar-refractivity contribution is 0.0351. The highest BCUT2D eigenvalue weighted by Gasteiger charge is 2.21. The van der Waals surface area contributed by atoms with Gasteiger partial charge in [-0.15, -0.1) is 0 Å². The van der Waals surface area contributed by atoms with Gasteiger partial charge in [-0.3, -0.25) is 0 Å². The Morgan fingerprint density at radius 2 is 2.27 bits per heavy atom. The molecule has 0 radical (unpaired) electrons. The SMILES string of the molecule is CCCC1=COC(C)(C)CC1. The standard InChI is InChI=1S/C10H18O/c1-4-5-9-6-7-10(2,3)11-8-9/h8H,4-7H2,1-3H3. The van der Waals surface area contributed by atoms with Crippen LogP contribution in [0.2, 0.25) is 0 Å². The normalized spacial score (nSPS) is 22.3. The molecule has 1 heteroatoms. The van der Waals surface area contributed by atoms with Crippen molar-refractivity contribution in [1.82, 2.24) is 0 Å². The van der Waals surface area contributed by atoms with E-state index in [-0.39, 0.29) is 5.60 Å². The Hall–Kier alpha value is -0.460. The fourth-order valence-corrected chi connectivity index (χ4v) is 1.33. The summed E-state index contributed by atoms with van der Waals surface area (Å²) in [7, 11) is 0. The fourth-order valence-electron chi connectivity index (χ4n) is 1.33. The maximum atomic E-state index is 5.57. The minimum absolute atomic E-state index is 0.0806. The Bertz CT molecular complexity index is 156. The van der Waals surface area contributed by atoms with E-state index in [1.807, 2.05) is 6.26 Å². The van der Waals surface area contributed by atoms with Crippen LogP contribution in [-0.2, 0) is 4.74 Å². The van der Waals surface area contributed by atoms with Crippen LogP contribution < -0.4 is 0 Å². The van der Waals surface area contributed by atoms with E-state index in [1.165, 1.54) is 31.3 Å². The molecule has 0 saturated heterocycles. The van der Waals surface area contributed by atoms with Gasteiger partial charge >= 0.3 is 0 Å². The van der Waals surface area contributed by atoms with Gasteiger partial charge in [0.2, 0.25) is 0 Å². The fraction of sp³-hybridized carbons (Fsp3) is 0.800. The zero-order valence-electron chi connectivity index (χ0n) is 7.81. The van der Waals surface area contributed by atoms with Crippen molar-refractivity contribution in [2.24, 2.45) is 0 Å². The molecule has 1 heterocycles. The number of ether oxygens (including phenoxy) is 1. The predicted octanol–water partition coefficient (Wildman–Crippen LogP) is 3.26. The molecule has 1 aliphatic rings. The quantitative estimate of drug-likeness (QED) is 0.593. The number of allylic oxidation sites excluding steroid dienone is 1. The van der Waals surface area contributed by atoms with Crippen LogP contribution in [-0.4, -0.2) is 5.60 Å². The van der Waals surface area contributed by atoms with E-state index in [4.69, 9.17) is 4.74 Å². The molecular formula is C10H18O. The first-order valence-electron chi connectivity index (χ1n) is 4.50. The third-order valence-corrected chi connectivity index (χ3v) is 2.16. The molecular weight excluding hydrogens is 136 g/mol. The molecule has 0 saturated carbocycles. The van der Waals surface area contributed by atoms with E-state index >= 15 is 0 Å². The lowest BCUT2D eigenvalue weighted by Crippen LogP contribution is -2.25. The summed E-state index contributed by atoms with van der Waals surface area (Å²) < 4.78 is 5.57. The second-order valence-electron chi connectivity index (χ2n) is 3.90. The summed E-state index contributed by atoms with van der Waals surface area (Å²) in [5.41, 5.74) is 1.56. The molecule has 0 unspecified atom stereocenters. The molecule has 0 spiro atoms. The van der Waals surface area contributed by atoms with Crippen molar-refractivity contribution < 1.29 is 4.74 Å². The molecule has 0 amide bonds. The summed E-state index contributed by atoms with van der Waals surface area (Å²) in [6.45, 7) is 6.50. The number of hydrogen-bond donors (Lipinski definition) is 0. The van der Waals surface area contributed by atoms with E-state index in [1.54, 1.807) is 0 Å². The largest absolute Gasteiger partial charge is 0.496 e. The molecule has 0 N–H and O–H groups in total. The first kappa shape index (κ1) is 8.63. The molecule has 0 bridgehead atoms. The zero-order chi connectivity index (χ0) is 8.32. The van der Waals surface area contributed by atoms with Crippen LogP contribution in [0.4, 0.5) is 0 Å². The second kappa shape index (κ2) is 3.29. The Morgan fingerprint density at radius 3 is 2.73 bits per heavy atom. The minimum Gasteiger partial charge on any atom is -0.496 e. The average molecular weight is 154 g/mol. The summed E-state index contributed by atoms with van der Waals surface area (Å²) in [6.07, 6.45) is 6.79. The maximum absolute atomic E-state index is 5.57. The summed E-state index contributed by atoms with van der Waals surface area (Å²) in [5.74, 6) is 0. The van der Waals surface area contributed by atoms with E-state index in [0.29, 0.717) is 0 Å². The van der Waals surface area contributed by atoms with Crippen LogP contribution >= 0.6 is 0 Å². The predicted molar refractivity (Wildman–Crippen MR) is 47.4 cm³/mol. The molecule has 0 fully saturated rings. The van der Waals surface area contributed by atoms with Crippen LogP contribution in [0.25, 0.3) is 0 Å². The molecule has 1 aliphatic heterocycles. The van der Waals surface area contributed by atoms with Gasteiger partial charge in [0.25, 0.3) is 0 Å². The first-order chi connectivity index (χ1) is 5.14. The lowest BCUT2D eigenvalue weighted by atomic mass is 9.95. The molecule has 0 aromatic rings. The van der Waals surface area contributed by atoms with Crippen LogP contribution in [0.15, 0.2) is 11.8 Å². The molecule has 0 aliphatic carbocycles. The van der Waals surface area contributed by atoms with Gasteiger partial charge in [0.05, 0.1) is 6.26 Å². The molecule has 1 nitrogen and oxygen atoms in total. The number of rotatable bonds is 2. The monoisotopic (exact) mass is 154 g/mol. The lowest BCUT2D eigenvalue weighted by Gasteiger charge is -2.29. The third kappa shape index (κ3) is 2.57. The second-order valence-corrected chi connectivity index (χ2v) is 3.90. The van der Waals surface area contributed by atoms with E-state index in [0.717, 1.165) is 0 Å². The van der Waals surface area contributed by atoms with Gasteiger partial charge in [-0.05, 0) is 38.7 Å². The molecule has 1 rings (SSSR count). The molecule has 11 heavy (non-hydrogen) atoms. The average Bonchev–Trinajstić information content (AvgIpc) is 1.94. The highest BCUT2D eigenvalue weighted by Crippen LogP contribution is 2.27. The highest BCUT2D eigenvalue weighted by molar-refractivity contribution is 5.03. The topological polar surface area (TPSA) is 9.23 Å². The van der Waals surface area contributed by atoms with Crippen LogP contribution in [0, 0.1) is 0 Å². The molecule has 0 aromatic heterocycles. The molecule has 64 valence electrons. The Balaban J connectivity index is 2.44. The van der Waals surface area contributed by atoms with Gasteiger partial charge in [0.1, 0.15) is 5.60 Å². The smallest absolute Gasteiger partial charge is 0.103 e. The minimum atomic E-state index is 0.0806. The maximum Gasteiger partial charge on any atom is 0.103 e. The number of hydrogen-bond acceptors (Lipinski definition) is 1. The van der Waals surface area contributed by atoms with Crippen molar-refractivity contribution in [3.8, 4) is 0 Å². The van der Waals surface area contributed by atoms with Crippen molar-refractivity contribution in [2.45, 2.75) is 52.1 Å². The van der Waals surface area contributed by atoms with Gasteiger partial charge in [0.15, 0.2) is 0 Å². The van der Waals surface area contributed by atoms with Gasteiger partial charge in [-0.1, -0.05) is 13.3 Å². The van der Waals surface area contributed by atoms with Gasteiger partial charge in [0, 0.05) is 0 Å². The van der Waals surface area contributed by atoms with E-state index in [9.17, 15) is 0 Å². The van der Waals surface area contributed by atoms with E-state index in [2.05, 4.69) is 20.8 Å². The zero-order valence-corrected chi connectivity index (χ0v) is 7.81. The summed E-state index contributed by atoms with van der Waals surface area (Å²) in [4.78, 5) is 0. The van der Waals surface area contributed by atoms with Crippen LogP contribution in [0.1, 0.15) is 46.5 Å². The van der Waals surface area contributed by atoms with Crippen molar-refractivity contribution in [1.29, 1.82) is 0 Å². The van der Waals surface area contributed by atoms with Crippen LogP contribution in [0.3, 0.4) is 0 Å². The highest BCUT2D eigenvalue weighted by atomic mass is 16.5. The van der Waals surface area contributed by atoms with Gasteiger partial charge in [-0.2, -0.15) is 0 Å². The Morgan fingerprint density at radius 1 is 1.55 bits per heavy atom. The molecule has 0 aromatic carbocycles. The molecule has 0 atom stereocenters. The third-order valence-electron chi connectivity index (χ3n) is 2.16. The summed E-state index contributed by atoms with van der Waals surface area (Å²) >= 11 is 0. The van der Waals surface area contributed by atoms with Crippen molar-refractivity contribution in [3.63, 3.8) is 0 Å². The van der Waals surface area contributed by atoms with Crippen molar-refractivity contribution >= 4 is 0 Å². The van der Waals surface area contributed by atoms with Crippen molar-refractivity contribution in [2.75, 3.05) is 0 Å². The summed E-state index contributed by atoms with van der Waals surface area (Å²) in [5, 5.41) is 0. The first-order valence-corrected chi connectivity index (χ1v) is 4.50. The van der Waals surface area contributed by atoms with Crippen LogP contribution in [0.5, 0.6) is 0 Å². The van der Waals surface area contributed by atoms with E-state index < -0.39 is 0 Å². The summed E-state index contributed by atoms with van der Waals surface area (Å²) in [6, 6.07) is 0. The Kier molecular flexibility index (Phi) is 2.58.